The first-order valence-electron chi connectivity index (χ1n) is 12.1. The number of nitrogens with one attached hydrogen (secondary N) is 2. The van der Waals surface area contributed by atoms with Crippen molar-refractivity contribution in [3.05, 3.63) is 35.4 Å². The highest BCUT2D eigenvalue weighted by atomic mass is 16.6. The third kappa shape index (κ3) is 8.88. The number of amides is 4. The maximum Gasteiger partial charge on any atom is 0.408 e. The molecule has 0 aromatic heterocycles. The summed E-state index contributed by atoms with van der Waals surface area (Å²) in [4.78, 5) is 53.2. The number of primary amides is 1. The molecule has 1 aliphatic rings. The molecule has 1 saturated carbocycles. The summed E-state index contributed by atoms with van der Waals surface area (Å²) < 4.78 is 5.34. The van der Waals surface area contributed by atoms with Crippen LogP contribution in [0.3, 0.4) is 0 Å². The molecule has 4 N–H and O–H groups in total. The van der Waals surface area contributed by atoms with Gasteiger partial charge in [0.15, 0.2) is 0 Å². The molecule has 1 aliphatic carbocycles. The average Bonchev–Trinajstić information content (AvgIpc) is 3.51. The Hall–Kier alpha value is -3.10. The van der Waals surface area contributed by atoms with E-state index >= 15 is 0 Å². The number of aryl methyl sites for hydroxylation is 1. The molecule has 0 bridgehead atoms. The number of alkyl carbamates (subject to hydrolysis) is 1. The summed E-state index contributed by atoms with van der Waals surface area (Å²) >= 11 is 0. The van der Waals surface area contributed by atoms with Crippen LogP contribution in [0.25, 0.3) is 0 Å². The van der Waals surface area contributed by atoms with Crippen LogP contribution >= 0.6 is 0 Å². The molecule has 9 heteroatoms. The van der Waals surface area contributed by atoms with Gasteiger partial charge in [0.25, 0.3) is 0 Å². The lowest BCUT2D eigenvalue weighted by Gasteiger charge is -2.36. The highest BCUT2D eigenvalue weighted by molar-refractivity contribution is 5.93. The average molecular weight is 489 g/mol. The number of benzene rings is 1. The van der Waals surface area contributed by atoms with Crippen LogP contribution in [0.2, 0.25) is 0 Å². The lowest BCUT2D eigenvalue weighted by molar-refractivity contribution is -0.144. The standard InChI is InChI=1S/C26H40N4O5/c1-16-10-8-9-11-18(16)21(22(32)29-25(2,3)4)30(17-12-13-17)23(33)19(14-15-20(27)31)28-24(34)35-26(5,6)7/h8-11,17,19,21H,12-15H2,1-7H3,(H2,27,31)(H,28,34)(H,29,32). The summed E-state index contributed by atoms with van der Waals surface area (Å²) in [5.74, 6) is -1.34. The fraction of sp³-hybridized carbons (Fsp3) is 0.615. The zero-order valence-electron chi connectivity index (χ0n) is 21.9. The van der Waals surface area contributed by atoms with Crippen molar-refractivity contribution in [2.45, 2.75) is 103 Å². The Bertz CT molecular complexity index is 944. The molecular weight excluding hydrogens is 448 g/mol. The number of nitrogens with two attached hydrogens (primary N) is 1. The van der Waals surface area contributed by atoms with Crippen LogP contribution in [0.15, 0.2) is 24.3 Å². The van der Waals surface area contributed by atoms with Crippen molar-refractivity contribution in [2.75, 3.05) is 0 Å². The van der Waals surface area contributed by atoms with E-state index in [0.29, 0.717) is 5.56 Å². The van der Waals surface area contributed by atoms with Crippen LogP contribution in [-0.4, -0.2) is 51.9 Å². The molecule has 194 valence electrons. The van der Waals surface area contributed by atoms with E-state index in [-0.39, 0.29) is 24.8 Å². The van der Waals surface area contributed by atoms with E-state index in [4.69, 9.17) is 10.5 Å². The Balaban J connectivity index is 2.48. The second-order valence-corrected chi connectivity index (χ2v) is 11.2. The maximum absolute atomic E-state index is 14.0. The lowest BCUT2D eigenvalue weighted by atomic mass is 9.96. The third-order valence-corrected chi connectivity index (χ3v) is 5.37. The normalized spacial score (nSPS) is 15.5. The van der Waals surface area contributed by atoms with E-state index < -0.39 is 41.1 Å². The first-order chi connectivity index (χ1) is 16.1. The molecule has 0 radical (unpaired) electrons. The molecule has 4 amide bonds. The molecule has 35 heavy (non-hydrogen) atoms. The first kappa shape index (κ1) is 28.1. The van der Waals surface area contributed by atoms with Crippen LogP contribution in [-0.2, 0) is 19.1 Å². The molecule has 1 fully saturated rings. The van der Waals surface area contributed by atoms with Gasteiger partial charge in [-0.3, -0.25) is 14.4 Å². The largest absolute Gasteiger partial charge is 0.444 e. The Morgan fingerprint density at radius 2 is 1.69 bits per heavy atom. The SMILES string of the molecule is Cc1ccccc1C(C(=O)NC(C)(C)C)N(C(=O)C(CCC(N)=O)NC(=O)OC(C)(C)C)C1CC1. The highest BCUT2D eigenvalue weighted by Gasteiger charge is 2.44. The Kier molecular flexibility index (Phi) is 8.92. The van der Waals surface area contributed by atoms with Gasteiger partial charge in [-0.05, 0) is 78.9 Å². The Morgan fingerprint density at radius 3 is 2.17 bits per heavy atom. The fourth-order valence-electron chi connectivity index (χ4n) is 3.79. The van der Waals surface area contributed by atoms with Crippen LogP contribution < -0.4 is 16.4 Å². The summed E-state index contributed by atoms with van der Waals surface area (Å²) in [7, 11) is 0. The third-order valence-electron chi connectivity index (χ3n) is 5.37. The van der Waals surface area contributed by atoms with Crippen molar-refractivity contribution in [3.63, 3.8) is 0 Å². The van der Waals surface area contributed by atoms with Gasteiger partial charge >= 0.3 is 6.09 Å². The molecule has 2 rings (SSSR count). The Labute approximate surface area is 208 Å². The molecule has 0 spiro atoms. The van der Waals surface area contributed by atoms with Crippen molar-refractivity contribution >= 4 is 23.8 Å². The van der Waals surface area contributed by atoms with E-state index in [2.05, 4.69) is 10.6 Å². The number of hydrogen-bond donors (Lipinski definition) is 3. The van der Waals surface area contributed by atoms with Crippen molar-refractivity contribution in [3.8, 4) is 0 Å². The number of hydrogen-bond acceptors (Lipinski definition) is 5. The van der Waals surface area contributed by atoms with Gasteiger partial charge < -0.3 is 26.0 Å². The summed E-state index contributed by atoms with van der Waals surface area (Å²) in [5, 5.41) is 5.61. The van der Waals surface area contributed by atoms with Crippen molar-refractivity contribution < 1.29 is 23.9 Å². The van der Waals surface area contributed by atoms with Gasteiger partial charge in [-0.25, -0.2) is 4.79 Å². The van der Waals surface area contributed by atoms with Gasteiger partial charge in [0.05, 0.1) is 0 Å². The molecule has 1 aromatic carbocycles. The van der Waals surface area contributed by atoms with E-state index in [9.17, 15) is 19.2 Å². The lowest BCUT2D eigenvalue weighted by Crippen LogP contribution is -2.55. The van der Waals surface area contributed by atoms with Crippen molar-refractivity contribution in [1.82, 2.24) is 15.5 Å². The van der Waals surface area contributed by atoms with Crippen LogP contribution in [0.5, 0.6) is 0 Å². The monoisotopic (exact) mass is 488 g/mol. The van der Waals surface area contributed by atoms with Gasteiger partial charge in [-0.15, -0.1) is 0 Å². The Morgan fingerprint density at radius 1 is 1.09 bits per heavy atom. The molecule has 0 aliphatic heterocycles. The number of carbonyl (C=O) groups is 4. The summed E-state index contributed by atoms with van der Waals surface area (Å²) in [6.45, 7) is 12.7. The van der Waals surface area contributed by atoms with Crippen LogP contribution in [0, 0.1) is 6.92 Å². The molecule has 1 aromatic rings. The summed E-state index contributed by atoms with van der Waals surface area (Å²) in [6, 6.07) is 5.31. The van der Waals surface area contributed by atoms with Gasteiger partial charge in [0.2, 0.25) is 17.7 Å². The molecule has 9 nitrogen and oxygen atoms in total. The predicted molar refractivity (Wildman–Crippen MR) is 133 cm³/mol. The smallest absolute Gasteiger partial charge is 0.408 e. The van der Waals surface area contributed by atoms with Crippen LogP contribution in [0.1, 0.15) is 84.4 Å². The van der Waals surface area contributed by atoms with Crippen molar-refractivity contribution in [2.24, 2.45) is 5.73 Å². The molecule has 2 unspecified atom stereocenters. The molecule has 0 saturated heterocycles. The number of carbonyl (C=O) groups excluding carboxylic acids is 4. The van der Waals surface area contributed by atoms with E-state index in [1.165, 1.54) is 0 Å². The zero-order valence-corrected chi connectivity index (χ0v) is 21.9. The maximum atomic E-state index is 14.0. The van der Waals surface area contributed by atoms with E-state index in [1.807, 2.05) is 52.0 Å². The second-order valence-electron chi connectivity index (χ2n) is 11.2. The van der Waals surface area contributed by atoms with Gasteiger partial charge in [-0.2, -0.15) is 0 Å². The van der Waals surface area contributed by atoms with E-state index in [1.54, 1.807) is 25.7 Å². The minimum Gasteiger partial charge on any atom is -0.444 e. The number of ether oxygens (including phenoxy) is 1. The van der Waals surface area contributed by atoms with Crippen LogP contribution in [0.4, 0.5) is 4.79 Å². The van der Waals surface area contributed by atoms with E-state index in [0.717, 1.165) is 18.4 Å². The quantitative estimate of drug-likeness (QED) is 0.492. The fourth-order valence-corrected chi connectivity index (χ4v) is 3.79. The van der Waals surface area contributed by atoms with Gasteiger partial charge in [-0.1, -0.05) is 24.3 Å². The minimum absolute atomic E-state index is 0.00197. The second kappa shape index (κ2) is 11.1. The molecule has 2 atom stereocenters. The first-order valence-corrected chi connectivity index (χ1v) is 12.1. The van der Waals surface area contributed by atoms with Gasteiger partial charge in [0, 0.05) is 18.0 Å². The number of rotatable bonds is 9. The van der Waals surface area contributed by atoms with Crippen molar-refractivity contribution in [1.29, 1.82) is 0 Å². The minimum atomic E-state index is -1.08. The summed E-state index contributed by atoms with van der Waals surface area (Å²) in [5.41, 5.74) is 5.63. The molecular formula is C26H40N4O5. The zero-order chi connectivity index (χ0) is 26.6. The van der Waals surface area contributed by atoms with Gasteiger partial charge in [0.1, 0.15) is 17.7 Å². The topological polar surface area (TPSA) is 131 Å². The predicted octanol–water partition coefficient (Wildman–Crippen LogP) is 3.10. The summed E-state index contributed by atoms with van der Waals surface area (Å²) in [6.07, 6.45) is 0.603. The number of nitrogens with zero attached hydrogens (tertiary/aromatic N) is 1. The molecule has 0 heterocycles. The highest BCUT2D eigenvalue weighted by Crippen LogP contribution is 2.37.